The first-order valence-electron chi connectivity index (χ1n) is 18.0. The van der Waals surface area contributed by atoms with Gasteiger partial charge in [0, 0.05) is 48.6 Å². The molecule has 0 fully saturated rings. The number of rotatable bonds is 18. The average molecular weight is 740 g/mol. The van der Waals surface area contributed by atoms with Gasteiger partial charge in [0.25, 0.3) is 0 Å². The molecule has 0 saturated carbocycles. The largest absolute Gasteiger partial charge is 2.00 e. The van der Waals surface area contributed by atoms with E-state index in [2.05, 4.69) is 89.6 Å². The van der Waals surface area contributed by atoms with E-state index in [1.807, 2.05) is 12.4 Å². The molecule has 0 atom stereocenters. The Labute approximate surface area is 313 Å². The molecule has 9 heteroatoms. The van der Waals surface area contributed by atoms with E-state index in [0.29, 0.717) is 48.3 Å². The molecule has 0 spiro atoms. The Kier molecular flexibility index (Phi) is 27.0. The number of aromatic hydroxyl groups is 2. The zero-order valence-corrected chi connectivity index (χ0v) is 33.3. The fourth-order valence-electron chi connectivity index (χ4n) is 4.82. The molecule has 0 saturated heterocycles. The summed E-state index contributed by atoms with van der Waals surface area (Å²) in [5.74, 6) is 1.09. The number of benzene rings is 2. The van der Waals surface area contributed by atoms with Crippen LogP contribution in [-0.2, 0) is 52.1 Å². The summed E-state index contributed by atoms with van der Waals surface area (Å²) in [5, 5.41) is 39.7. The van der Waals surface area contributed by atoms with Crippen LogP contribution >= 0.6 is 0 Å². The van der Waals surface area contributed by atoms with Crippen molar-refractivity contribution in [3.05, 3.63) is 57.6 Å². The molecule has 0 aliphatic heterocycles. The van der Waals surface area contributed by atoms with E-state index in [1.54, 1.807) is 0 Å². The molecule has 8 nitrogen and oxygen atoms in total. The van der Waals surface area contributed by atoms with Crippen LogP contribution in [0.2, 0.25) is 0 Å². The topological polar surface area (TPSA) is 145 Å². The van der Waals surface area contributed by atoms with Crippen LogP contribution in [0, 0.1) is 23.7 Å². The van der Waals surface area contributed by atoms with Crippen molar-refractivity contribution in [1.29, 1.82) is 0 Å². The zero-order valence-electron chi connectivity index (χ0n) is 32.3. The van der Waals surface area contributed by atoms with E-state index in [-0.39, 0.29) is 16.8 Å². The Bertz CT molecular complexity index is 1210. The monoisotopic (exact) mass is 739 g/mol. The molecule has 0 bridgehead atoms. The number of aliphatic imine (C=N–C) groups is 2. The number of hydrogen-bond acceptors (Lipinski definition) is 8. The van der Waals surface area contributed by atoms with Crippen molar-refractivity contribution in [2.45, 2.75) is 127 Å². The number of phenolic OH excluding ortho intramolecular Hbond substituents is 2. The second-order valence-electron chi connectivity index (χ2n) is 14.5. The molecule has 2 aromatic rings. The number of aryl methyl sites for hydroxylation is 4. The van der Waals surface area contributed by atoms with Gasteiger partial charge in [-0.05, 0) is 130 Å². The molecule has 0 unspecified atom stereocenters. The van der Waals surface area contributed by atoms with Crippen molar-refractivity contribution in [2.24, 2.45) is 33.7 Å². The number of aliphatic carboxylic acids is 2. The molecule has 0 aromatic heterocycles. The molecule has 0 amide bonds. The molecule has 0 heterocycles. The van der Waals surface area contributed by atoms with E-state index < -0.39 is 11.9 Å². The van der Waals surface area contributed by atoms with Crippen molar-refractivity contribution in [1.82, 2.24) is 0 Å². The third-order valence-electron chi connectivity index (χ3n) is 7.59. The number of carbonyl (C=O) groups excluding carboxylic acids is 2. The van der Waals surface area contributed by atoms with E-state index in [1.165, 1.54) is 11.1 Å². The maximum Gasteiger partial charge on any atom is 2.00 e. The van der Waals surface area contributed by atoms with Gasteiger partial charge in [0.1, 0.15) is 11.5 Å². The second kappa shape index (κ2) is 27.5. The summed E-state index contributed by atoms with van der Waals surface area (Å²) in [5.41, 5.74) is 6.29. The SMILES string of the molecule is CC(=O)[O-].CC(=O)[O-].CC(C)CCc1cc(C=NCCCN=Cc2cc(CCC(C)C)cc(CCC(C)C)c2O)c(O)c(CCC(C)C)c1.[Co+2]. The summed E-state index contributed by atoms with van der Waals surface area (Å²) in [6.45, 7) is 21.1. The second-order valence-corrected chi connectivity index (χ2v) is 14.5. The van der Waals surface area contributed by atoms with E-state index in [9.17, 15) is 10.2 Å². The van der Waals surface area contributed by atoms with Crippen molar-refractivity contribution < 1.29 is 46.8 Å². The normalized spacial score (nSPS) is 11.2. The van der Waals surface area contributed by atoms with E-state index >= 15 is 0 Å². The minimum Gasteiger partial charge on any atom is -0.550 e. The van der Waals surface area contributed by atoms with Gasteiger partial charge in [0.2, 0.25) is 0 Å². The molecule has 50 heavy (non-hydrogen) atoms. The molecule has 2 N–H and O–H groups in total. The van der Waals surface area contributed by atoms with Gasteiger partial charge in [-0.25, -0.2) is 0 Å². The average Bonchev–Trinajstić information content (AvgIpc) is 2.98. The van der Waals surface area contributed by atoms with Crippen molar-refractivity contribution in [3.8, 4) is 11.5 Å². The number of carboxylic acid groups (broad SMARTS) is 2. The van der Waals surface area contributed by atoms with Gasteiger partial charge in [-0.15, -0.1) is 0 Å². The summed E-state index contributed by atoms with van der Waals surface area (Å²) >= 11 is 0. The minimum absolute atomic E-state index is 0. The Balaban J connectivity index is 0. The number of phenols is 2. The fraction of sp³-hybridized carbons (Fsp3) is 0.610. The number of carboxylic acids is 2. The fourth-order valence-corrected chi connectivity index (χ4v) is 4.82. The number of hydrogen-bond donors (Lipinski definition) is 2. The molecular weight excluding hydrogens is 675 g/mol. The summed E-state index contributed by atoms with van der Waals surface area (Å²) in [6.07, 6.45) is 12.7. The first kappa shape index (κ1) is 48.9. The maximum atomic E-state index is 10.9. The van der Waals surface area contributed by atoms with Crippen LogP contribution in [0.15, 0.2) is 34.3 Å². The summed E-state index contributed by atoms with van der Waals surface area (Å²) < 4.78 is 0. The van der Waals surface area contributed by atoms with Crippen LogP contribution in [0.3, 0.4) is 0 Å². The first-order valence-corrected chi connectivity index (χ1v) is 18.0. The zero-order chi connectivity index (χ0) is 37.5. The molecule has 2 rings (SSSR count). The van der Waals surface area contributed by atoms with E-state index in [0.717, 1.165) is 93.9 Å². The van der Waals surface area contributed by atoms with Crippen LogP contribution in [0.4, 0.5) is 0 Å². The van der Waals surface area contributed by atoms with Crippen molar-refractivity contribution in [2.75, 3.05) is 13.1 Å². The smallest absolute Gasteiger partial charge is 0.550 e. The van der Waals surface area contributed by atoms with Crippen LogP contribution in [0.5, 0.6) is 11.5 Å². The predicted molar refractivity (Wildman–Crippen MR) is 200 cm³/mol. The minimum atomic E-state index is -1.08. The molecular formula is C41H64CoN2O6. The third kappa shape index (κ3) is 24.9. The number of carbonyl (C=O) groups is 2. The van der Waals surface area contributed by atoms with E-state index in [4.69, 9.17) is 19.8 Å². The third-order valence-corrected chi connectivity index (χ3v) is 7.59. The Morgan fingerprint density at radius 2 is 0.880 bits per heavy atom. The van der Waals surface area contributed by atoms with Gasteiger partial charge < -0.3 is 30.0 Å². The van der Waals surface area contributed by atoms with Gasteiger partial charge in [-0.2, -0.15) is 0 Å². The van der Waals surface area contributed by atoms with Gasteiger partial charge in [0.15, 0.2) is 0 Å². The van der Waals surface area contributed by atoms with Crippen LogP contribution < -0.4 is 10.2 Å². The van der Waals surface area contributed by atoms with Gasteiger partial charge in [-0.1, -0.05) is 67.5 Å². The quantitative estimate of drug-likeness (QED) is 0.126. The molecule has 283 valence electrons. The standard InChI is InChI=1S/C37H58N2O2.2C2H4O2.Co/c1-26(2)10-14-30-20-32(16-12-28(5)6)36(40)34(22-30)24-38-18-9-19-39-25-35-23-31(15-11-27(3)4)21-33(37(35)41)17-13-29(7)8;2*1-2(3)4;/h20-29,40-41H,9-19H2,1-8H3;2*1H3,(H,3,4);/q;;;+2/p-2. The Hall–Kier alpha value is -3.17. The van der Waals surface area contributed by atoms with Crippen LogP contribution in [0.25, 0.3) is 0 Å². The summed E-state index contributed by atoms with van der Waals surface area (Å²) in [4.78, 5) is 27.1. The molecule has 0 aliphatic carbocycles. The van der Waals surface area contributed by atoms with Crippen LogP contribution in [0.1, 0.15) is 135 Å². The van der Waals surface area contributed by atoms with Gasteiger partial charge >= 0.3 is 16.8 Å². The Morgan fingerprint density at radius 3 is 1.16 bits per heavy atom. The molecule has 0 aliphatic rings. The predicted octanol–water partition coefficient (Wildman–Crippen LogP) is 6.89. The van der Waals surface area contributed by atoms with Crippen LogP contribution in [-0.4, -0.2) is 47.7 Å². The maximum absolute atomic E-state index is 10.9. The van der Waals surface area contributed by atoms with Crippen molar-refractivity contribution >= 4 is 24.4 Å². The molecule has 2 aromatic carbocycles. The first-order chi connectivity index (χ1) is 22.9. The van der Waals surface area contributed by atoms with Crippen molar-refractivity contribution in [3.63, 3.8) is 0 Å². The Morgan fingerprint density at radius 1 is 0.600 bits per heavy atom. The summed E-state index contributed by atoms with van der Waals surface area (Å²) in [7, 11) is 0. The van der Waals surface area contributed by atoms with Gasteiger partial charge in [-0.3, -0.25) is 9.98 Å². The number of nitrogens with zero attached hydrogens (tertiary/aromatic N) is 2. The molecule has 1 radical (unpaired) electrons. The summed E-state index contributed by atoms with van der Waals surface area (Å²) in [6, 6.07) is 8.58. The van der Waals surface area contributed by atoms with Gasteiger partial charge in [0.05, 0.1) is 0 Å².